The average molecular weight is 318 g/mol. The number of nitrogens with one attached hydrogen (secondary N) is 1. The molecule has 1 heterocycles. The maximum atomic E-state index is 12.2. The molecule has 1 aliphatic carbocycles. The summed E-state index contributed by atoms with van der Waals surface area (Å²) < 4.78 is 0. The number of carbonyl (C=O) groups excluding carboxylic acids is 1. The fourth-order valence-corrected chi connectivity index (χ4v) is 4.15. The Labute approximate surface area is 133 Å². The SMILES string of the molecule is CCSc1ccc(C(=O)Nc2nc3c(s2)CCCC3)cc1. The number of aryl methyl sites for hydroxylation is 2. The average Bonchev–Trinajstić information content (AvgIpc) is 2.90. The van der Waals surface area contributed by atoms with Crippen LogP contribution in [0.3, 0.4) is 0 Å². The summed E-state index contributed by atoms with van der Waals surface area (Å²) in [5.74, 6) is 0.963. The van der Waals surface area contributed by atoms with E-state index < -0.39 is 0 Å². The molecule has 0 fully saturated rings. The third-order valence-corrected chi connectivity index (χ3v) is 5.46. The highest BCUT2D eigenvalue weighted by Gasteiger charge is 2.16. The zero-order valence-electron chi connectivity index (χ0n) is 12.0. The molecule has 1 aliphatic rings. The number of carbonyl (C=O) groups is 1. The van der Waals surface area contributed by atoms with Crippen molar-refractivity contribution in [3.05, 3.63) is 40.4 Å². The maximum absolute atomic E-state index is 12.2. The van der Waals surface area contributed by atoms with E-state index in [1.54, 1.807) is 23.1 Å². The van der Waals surface area contributed by atoms with Crippen LogP contribution in [0.5, 0.6) is 0 Å². The zero-order valence-corrected chi connectivity index (χ0v) is 13.6. The van der Waals surface area contributed by atoms with E-state index in [9.17, 15) is 4.79 Å². The highest BCUT2D eigenvalue weighted by molar-refractivity contribution is 7.99. The van der Waals surface area contributed by atoms with Gasteiger partial charge in [0.05, 0.1) is 5.69 Å². The first-order valence-corrected chi connectivity index (χ1v) is 9.09. The van der Waals surface area contributed by atoms with Gasteiger partial charge in [0.15, 0.2) is 5.13 Å². The Bertz CT molecular complexity index is 611. The molecule has 5 heteroatoms. The van der Waals surface area contributed by atoms with E-state index in [1.807, 2.05) is 24.3 Å². The van der Waals surface area contributed by atoms with Crippen molar-refractivity contribution >= 4 is 34.1 Å². The quantitative estimate of drug-likeness (QED) is 0.850. The summed E-state index contributed by atoms with van der Waals surface area (Å²) in [6, 6.07) is 7.74. The van der Waals surface area contributed by atoms with Gasteiger partial charge < -0.3 is 0 Å². The second kappa shape index (κ2) is 6.62. The van der Waals surface area contributed by atoms with E-state index in [2.05, 4.69) is 17.2 Å². The normalized spacial score (nSPS) is 13.8. The fourth-order valence-electron chi connectivity index (χ4n) is 2.44. The molecule has 2 aromatic rings. The number of rotatable bonds is 4. The highest BCUT2D eigenvalue weighted by Crippen LogP contribution is 2.29. The Morgan fingerprint density at radius 2 is 2.05 bits per heavy atom. The van der Waals surface area contributed by atoms with Gasteiger partial charge in [-0.3, -0.25) is 10.1 Å². The Kier molecular flexibility index (Phi) is 4.60. The predicted octanol–water partition coefficient (Wildman–Crippen LogP) is 4.39. The van der Waals surface area contributed by atoms with Gasteiger partial charge in [0.1, 0.15) is 0 Å². The number of aromatic nitrogens is 1. The molecule has 0 saturated heterocycles. The van der Waals surface area contributed by atoms with Crippen molar-refractivity contribution in [3.63, 3.8) is 0 Å². The lowest BCUT2D eigenvalue weighted by Crippen LogP contribution is -2.11. The Morgan fingerprint density at radius 3 is 2.76 bits per heavy atom. The summed E-state index contributed by atoms with van der Waals surface area (Å²) in [7, 11) is 0. The van der Waals surface area contributed by atoms with Gasteiger partial charge in [0.2, 0.25) is 0 Å². The van der Waals surface area contributed by atoms with Crippen LogP contribution in [0, 0.1) is 0 Å². The Hall–Kier alpha value is -1.33. The number of anilines is 1. The van der Waals surface area contributed by atoms with Crippen LogP contribution in [0.4, 0.5) is 5.13 Å². The zero-order chi connectivity index (χ0) is 14.7. The highest BCUT2D eigenvalue weighted by atomic mass is 32.2. The fraction of sp³-hybridized carbons (Fsp3) is 0.375. The molecule has 1 N–H and O–H groups in total. The maximum Gasteiger partial charge on any atom is 0.257 e. The number of nitrogens with zero attached hydrogens (tertiary/aromatic N) is 1. The minimum Gasteiger partial charge on any atom is -0.298 e. The third-order valence-electron chi connectivity index (χ3n) is 3.49. The predicted molar refractivity (Wildman–Crippen MR) is 89.5 cm³/mol. The molecule has 0 saturated carbocycles. The summed E-state index contributed by atoms with van der Waals surface area (Å²) in [4.78, 5) is 19.3. The van der Waals surface area contributed by atoms with E-state index in [0.717, 1.165) is 23.7 Å². The lowest BCUT2D eigenvalue weighted by atomic mass is 10.0. The lowest BCUT2D eigenvalue weighted by Gasteiger charge is -2.06. The van der Waals surface area contributed by atoms with Gasteiger partial charge in [-0.25, -0.2) is 4.98 Å². The smallest absolute Gasteiger partial charge is 0.257 e. The number of thiazole rings is 1. The molecule has 0 unspecified atom stereocenters. The third kappa shape index (κ3) is 3.47. The number of thioether (sulfide) groups is 1. The van der Waals surface area contributed by atoms with E-state index in [4.69, 9.17) is 0 Å². The first-order valence-electron chi connectivity index (χ1n) is 7.29. The standard InChI is InChI=1S/C16H18N2OS2/c1-2-20-12-9-7-11(8-10-12)15(19)18-16-17-13-5-3-4-6-14(13)21-16/h7-10H,2-6H2,1H3,(H,17,18,19). The molecule has 1 aromatic carbocycles. The number of hydrogen-bond acceptors (Lipinski definition) is 4. The second-order valence-corrected chi connectivity index (χ2v) is 7.43. The molecule has 3 nitrogen and oxygen atoms in total. The van der Waals surface area contributed by atoms with Crippen molar-refractivity contribution in [2.45, 2.75) is 37.5 Å². The molecule has 1 amide bonds. The van der Waals surface area contributed by atoms with Crippen LogP contribution in [0.25, 0.3) is 0 Å². The van der Waals surface area contributed by atoms with E-state index >= 15 is 0 Å². The minimum absolute atomic E-state index is 0.0749. The molecule has 0 radical (unpaired) electrons. The van der Waals surface area contributed by atoms with Gasteiger partial charge in [0.25, 0.3) is 5.91 Å². The molecular weight excluding hydrogens is 300 g/mol. The first-order chi connectivity index (χ1) is 10.3. The van der Waals surface area contributed by atoms with Gasteiger partial charge in [-0.05, 0) is 55.7 Å². The van der Waals surface area contributed by atoms with Gasteiger partial charge in [0, 0.05) is 15.3 Å². The van der Waals surface area contributed by atoms with Gasteiger partial charge >= 0.3 is 0 Å². The molecular formula is C16H18N2OS2. The Morgan fingerprint density at radius 1 is 1.29 bits per heavy atom. The Balaban J connectivity index is 1.69. The summed E-state index contributed by atoms with van der Waals surface area (Å²) >= 11 is 3.40. The number of fused-ring (bicyclic) bond motifs is 1. The largest absolute Gasteiger partial charge is 0.298 e. The molecule has 0 aliphatic heterocycles. The van der Waals surface area contributed by atoms with Crippen LogP contribution in [0.2, 0.25) is 0 Å². The molecule has 0 spiro atoms. The molecule has 3 rings (SSSR count). The van der Waals surface area contributed by atoms with Crippen molar-refractivity contribution in [3.8, 4) is 0 Å². The lowest BCUT2D eigenvalue weighted by molar-refractivity contribution is 0.102. The van der Waals surface area contributed by atoms with Crippen LogP contribution in [0.1, 0.15) is 40.7 Å². The number of hydrogen-bond donors (Lipinski definition) is 1. The molecule has 21 heavy (non-hydrogen) atoms. The van der Waals surface area contributed by atoms with Crippen molar-refractivity contribution in [2.24, 2.45) is 0 Å². The summed E-state index contributed by atoms with van der Waals surface area (Å²) in [6.45, 7) is 2.12. The van der Waals surface area contributed by atoms with Gasteiger partial charge in [-0.15, -0.1) is 23.1 Å². The van der Waals surface area contributed by atoms with Crippen molar-refractivity contribution in [1.82, 2.24) is 4.98 Å². The topological polar surface area (TPSA) is 42.0 Å². The summed E-state index contributed by atoms with van der Waals surface area (Å²) in [6.07, 6.45) is 4.59. The van der Waals surface area contributed by atoms with E-state index in [1.165, 1.54) is 28.3 Å². The minimum atomic E-state index is -0.0749. The van der Waals surface area contributed by atoms with Crippen LogP contribution < -0.4 is 5.32 Å². The first kappa shape index (κ1) is 14.6. The van der Waals surface area contributed by atoms with E-state index in [-0.39, 0.29) is 5.91 Å². The van der Waals surface area contributed by atoms with E-state index in [0.29, 0.717) is 5.56 Å². The molecule has 110 valence electrons. The second-order valence-electron chi connectivity index (χ2n) is 5.01. The molecule has 0 bridgehead atoms. The van der Waals surface area contributed by atoms with Gasteiger partial charge in [-0.2, -0.15) is 0 Å². The monoisotopic (exact) mass is 318 g/mol. The van der Waals surface area contributed by atoms with Crippen molar-refractivity contribution in [2.75, 3.05) is 11.1 Å². The number of amides is 1. The van der Waals surface area contributed by atoms with Crippen LogP contribution in [-0.2, 0) is 12.8 Å². The molecule has 1 aromatic heterocycles. The van der Waals surface area contributed by atoms with Crippen LogP contribution in [-0.4, -0.2) is 16.6 Å². The number of benzene rings is 1. The van der Waals surface area contributed by atoms with Crippen molar-refractivity contribution < 1.29 is 4.79 Å². The van der Waals surface area contributed by atoms with Crippen molar-refractivity contribution in [1.29, 1.82) is 0 Å². The van der Waals surface area contributed by atoms with Crippen LogP contribution in [0.15, 0.2) is 29.2 Å². The van der Waals surface area contributed by atoms with Crippen LogP contribution >= 0.6 is 23.1 Å². The summed E-state index contributed by atoms with van der Waals surface area (Å²) in [5.41, 5.74) is 1.86. The van der Waals surface area contributed by atoms with Gasteiger partial charge in [-0.1, -0.05) is 6.92 Å². The molecule has 0 atom stereocenters. The summed E-state index contributed by atoms with van der Waals surface area (Å²) in [5, 5.41) is 3.66.